The van der Waals surface area contributed by atoms with Gasteiger partial charge >= 0.3 is 6.03 Å². The average Bonchev–Trinajstić information content (AvgIpc) is 2.42. The number of urea groups is 1. The van der Waals surface area contributed by atoms with E-state index in [0.717, 1.165) is 0 Å². The summed E-state index contributed by atoms with van der Waals surface area (Å²) in [5, 5.41) is 16.4. The molecule has 0 aromatic heterocycles. The summed E-state index contributed by atoms with van der Waals surface area (Å²) in [6.07, 6.45) is 0. The van der Waals surface area contributed by atoms with Gasteiger partial charge in [0.05, 0.1) is 15.6 Å². The Morgan fingerprint density at radius 1 is 1.10 bits per heavy atom. The molecule has 2 aromatic carbocycles. The lowest BCUT2D eigenvalue weighted by Crippen LogP contribution is -2.19. The molecule has 0 saturated heterocycles. The normalized spacial score (nSPS) is 10.0. The molecule has 21 heavy (non-hydrogen) atoms. The highest BCUT2D eigenvalue weighted by Crippen LogP contribution is 2.25. The van der Waals surface area contributed by atoms with Crippen LogP contribution in [0.4, 0.5) is 21.9 Å². The second-order valence-corrected chi connectivity index (χ2v) is 4.85. The van der Waals surface area contributed by atoms with Crippen LogP contribution in [-0.2, 0) is 0 Å². The van der Waals surface area contributed by atoms with E-state index in [-0.39, 0.29) is 10.7 Å². The van der Waals surface area contributed by atoms with E-state index in [1.54, 1.807) is 12.1 Å². The molecule has 0 heterocycles. The Morgan fingerprint density at radius 2 is 1.86 bits per heavy atom. The fraction of sp³-hybridized carbons (Fsp3) is 0. The Morgan fingerprint density at radius 3 is 2.52 bits per heavy atom. The molecule has 2 amide bonds. The van der Waals surface area contributed by atoms with Crippen molar-refractivity contribution in [2.75, 3.05) is 10.6 Å². The van der Waals surface area contributed by atoms with Gasteiger partial charge in [0, 0.05) is 22.8 Å². The number of anilines is 2. The number of carbonyl (C=O) groups is 1. The van der Waals surface area contributed by atoms with Gasteiger partial charge < -0.3 is 10.6 Å². The van der Waals surface area contributed by atoms with Gasteiger partial charge in [-0.15, -0.1) is 0 Å². The number of nitrogens with one attached hydrogen (secondary N) is 2. The van der Waals surface area contributed by atoms with E-state index in [1.807, 2.05) is 0 Å². The summed E-state index contributed by atoms with van der Waals surface area (Å²) in [4.78, 5) is 21.9. The molecule has 2 N–H and O–H groups in total. The fourth-order valence-electron chi connectivity index (χ4n) is 1.57. The van der Waals surface area contributed by atoms with Crippen LogP contribution in [0.25, 0.3) is 0 Å². The minimum Gasteiger partial charge on any atom is -0.307 e. The fourth-order valence-corrected chi connectivity index (χ4v) is 2.03. The van der Waals surface area contributed by atoms with Crippen LogP contribution in [0.3, 0.4) is 0 Å². The average molecular weight is 326 g/mol. The van der Waals surface area contributed by atoms with Gasteiger partial charge in [-0.2, -0.15) is 0 Å². The summed E-state index contributed by atoms with van der Waals surface area (Å²) in [5.41, 5.74) is 0.563. The third-order valence-corrected chi connectivity index (χ3v) is 3.04. The quantitative estimate of drug-likeness (QED) is 0.641. The minimum atomic E-state index is -0.570. The van der Waals surface area contributed by atoms with Crippen LogP contribution in [-0.4, -0.2) is 11.0 Å². The minimum absolute atomic E-state index is 0.114. The Hall–Kier alpha value is -2.31. The summed E-state index contributed by atoms with van der Waals surface area (Å²) in [6, 6.07) is 9.65. The van der Waals surface area contributed by atoms with Crippen molar-refractivity contribution in [3.05, 3.63) is 62.6 Å². The third-order valence-electron chi connectivity index (χ3n) is 2.49. The molecule has 0 aliphatic rings. The highest BCUT2D eigenvalue weighted by molar-refractivity contribution is 6.36. The van der Waals surface area contributed by atoms with Gasteiger partial charge in [-0.1, -0.05) is 29.3 Å². The molecule has 2 rings (SSSR count). The number of benzene rings is 2. The van der Waals surface area contributed by atoms with Crippen molar-refractivity contribution < 1.29 is 9.72 Å². The maximum atomic E-state index is 11.8. The highest BCUT2D eigenvalue weighted by Gasteiger charge is 2.09. The summed E-state index contributed by atoms with van der Waals surface area (Å²) < 4.78 is 0. The van der Waals surface area contributed by atoms with Gasteiger partial charge in [0.1, 0.15) is 0 Å². The Bertz CT molecular complexity index is 707. The lowest BCUT2D eigenvalue weighted by Gasteiger charge is -2.09. The van der Waals surface area contributed by atoms with Crippen molar-refractivity contribution in [1.82, 2.24) is 0 Å². The summed E-state index contributed by atoms with van der Waals surface area (Å²) >= 11 is 11.7. The number of rotatable bonds is 3. The zero-order valence-electron chi connectivity index (χ0n) is 10.5. The SMILES string of the molecule is O=C(Nc1cccc([N+](=O)[O-])c1)Nc1ccc(Cl)cc1Cl. The molecule has 0 aliphatic heterocycles. The number of nitro benzene ring substituents is 1. The first kappa shape index (κ1) is 15.1. The first-order valence-electron chi connectivity index (χ1n) is 5.73. The van der Waals surface area contributed by atoms with E-state index in [2.05, 4.69) is 10.6 Å². The zero-order valence-corrected chi connectivity index (χ0v) is 12.0. The van der Waals surface area contributed by atoms with Gasteiger partial charge in [-0.25, -0.2) is 4.79 Å². The number of carbonyl (C=O) groups excluding carboxylic acids is 1. The number of hydrogen-bond acceptors (Lipinski definition) is 3. The molecule has 0 bridgehead atoms. The number of halogens is 2. The molecule has 8 heteroatoms. The predicted molar refractivity (Wildman–Crippen MR) is 82.2 cm³/mol. The van der Waals surface area contributed by atoms with E-state index in [4.69, 9.17) is 23.2 Å². The molecule has 0 aliphatic carbocycles. The van der Waals surface area contributed by atoms with E-state index < -0.39 is 11.0 Å². The second-order valence-electron chi connectivity index (χ2n) is 4.01. The van der Waals surface area contributed by atoms with E-state index in [0.29, 0.717) is 16.4 Å². The molecule has 0 unspecified atom stereocenters. The lowest BCUT2D eigenvalue weighted by molar-refractivity contribution is -0.384. The van der Waals surface area contributed by atoms with E-state index in [9.17, 15) is 14.9 Å². The van der Waals surface area contributed by atoms with Gasteiger partial charge in [-0.05, 0) is 24.3 Å². The van der Waals surface area contributed by atoms with Crippen LogP contribution >= 0.6 is 23.2 Å². The molecule has 0 saturated carbocycles. The van der Waals surface area contributed by atoms with Crippen molar-refractivity contribution in [3.8, 4) is 0 Å². The summed E-state index contributed by atoms with van der Waals surface area (Å²) in [5.74, 6) is 0. The number of nitrogens with zero attached hydrogens (tertiary/aromatic N) is 1. The van der Waals surface area contributed by atoms with Gasteiger partial charge in [-0.3, -0.25) is 10.1 Å². The maximum Gasteiger partial charge on any atom is 0.323 e. The van der Waals surface area contributed by atoms with Crippen molar-refractivity contribution >= 4 is 46.3 Å². The molecular weight excluding hydrogens is 317 g/mol. The van der Waals surface area contributed by atoms with Crippen LogP contribution in [0.2, 0.25) is 10.0 Å². The predicted octanol–water partition coefficient (Wildman–Crippen LogP) is 4.55. The van der Waals surface area contributed by atoms with Crippen LogP contribution in [0, 0.1) is 10.1 Å². The molecule has 0 fully saturated rings. The molecule has 108 valence electrons. The first-order chi connectivity index (χ1) is 9.95. The largest absolute Gasteiger partial charge is 0.323 e. The Kier molecular flexibility index (Phi) is 4.62. The maximum absolute atomic E-state index is 11.8. The summed E-state index contributed by atoms with van der Waals surface area (Å²) in [6.45, 7) is 0. The number of non-ortho nitro benzene ring substituents is 1. The van der Waals surface area contributed by atoms with Gasteiger partial charge in [0.15, 0.2) is 0 Å². The second kappa shape index (κ2) is 6.43. The van der Waals surface area contributed by atoms with Gasteiger partial charge in [0.25, 0.3) is 5.69 Å². The van der Waals surface area contributed by atoms with Crippen molar-refractivity contribution in [3.63, 3.8) is 0 Å². The van der Waals surface area contributed by atoms with Crippen molar-refractivity contribution in [1.29, 1.82) is 0 Å². The smallest absolute Gasteiger partial charge is 0.307 e. The Labute approximate surface area is 129 Å². The molecular formula is C13H9Cl2N3O3. The van der Waals surface area contributed by atoms with Crippen LogP contribution in [0.1, 0.15) is 0 Å². The number of nitro groups is 1. The van der Waals surface area contributed by atoms with Crippen LogP contribution in [0.15, 0.2) is 42.5 Å². The summed E-state index contributed by atoms with van der Waals surface area (Å²) in [7, 11) is 0. The molecule has 6 nitrogen and oxygen atoms in total. The van der Waals surface area contributed by atoms with Crippen LogP contribution in [0.5, 0.6) is 0 Å². The lowest BCUT2D eigenvalue weighted by atomic mass is 10.3. The van der Waals surface area contributed by atoms with Crippen LogP contribution < -0.4 is 10.6 Å². The van der Waals surface area contributed by atoms with E-state index in [1.165, 1.54) is 30.3 Å². The molecule has 0 atom stereocenters. The molecule has 2 aromatic rings. The molecule has 0 spiro atoms. The number of amides is 2. The highest BCUT2D eigenvalue weighted by atomic mass is 35.5. The topological polar surface area (TPSA) is 84.3 Å². The van der Waals surface area contributed by atoms with Gasteiger partial charge in [0.2, 0.25) is 0 Å². The van der Waals surface area contributed by atoms with Crippen molar-refractivity contribution in [2.24, 2.45) is 0 Å². The zero-order chi connectivity index (χ0) is 15.4. The third kappa shape index (κ3) is 4.08. The molecule has 0 radical (unpaired) electrons. The van der Waals surface area contributed by atoms with Crippen molar-refractivity contribution in [2.45, 2.75) is 0 Å². The first-order valence-corrected chi connectivity index (χ1v) is 6.49. The standard InChI is InChI=1S/C13H9Cl2N3O3/c14-8-4-5-12(11(15)6-8)17-13(19)16-9-2-1-3-10(7-9)18(20)21/h1-7H,(H2,16,17,19). The Balaban J connectivity index is 2.08. The monoisotopic (exact) mass is 325 g/mol. The number of hydrogen-bond donors (Lipinski definition) is 2. The van der Waals surface area contributed by atoms with E-state index >= 15 is 0 Å².